The Hall–Kier alpha value is -4.98. The van der Waals surface area contributed by atoms with Crippen LogP contribution in [-0.4, -0.2) is 32.8 Å². The lowest BCUT2D eigenvalue weighted by molar-refractivity contribution is -0.384. The molecule has 2 aromatic heterocycles. The Balaban J connectivity index is 1.54. The molecule has 0 saturated heterocycles. The number of fused-ring (bicyclic) bond motifs is 1. The van der Waals surface area contributed by atoms with Crippen LogP contribution < -0.4 is 4.90 Å². The van der Waals surface area contributed by atoms with Crippen LogP contribution in [0.2, 0.25) is 0 Å². The van der Waals surface area contributed by atoms with E-state index in [0.717, 1.165) is 16.9 Å². The molecule has 0 aliphatic carbocycles. The highest BCUT2D eigenvalue weighted by atomic mass is 16.6. The zero-order valence-electron chi connectivity index (χ0n) is 19.5. The normalized spacial score (nSPS) is 11.5. The molecule has 0 unspecified atom stereocenters. The van der Waals surface area contributed by atoms with E-state index in [9.17, 15) is 15.2 Å². The first-order valence-corrected chi connectivity index (χ1v) is 11.3. The molecule has 8 heteroatoms. The Bertz CT molecular complexity index is 1550. The van der Waals surface area contributed by atoms with Gasteiger partial charge in [0.1, 0.15) is 5.82 Å². The third kappa shape index (κ3) is 4.65. The second-order valence-corrected chi connectivity index (χ2v) is 8.37. The molecule has 5 aromatic rings. The van der Waals surface area contributed by atoms with Crippen LogP contribution in [0.3, 0.4) is 0 Å². The van der Waals surface area contributed by atoms with Gasteiger partial charge in [0, 0.05) is 48.4 Å². The molecule has 178 valence electrons. The fourth-order valence-corrected chi connectivity index (χ4v) is 4.12. The Morgan fingerprint density at radius 1 is 1.03 bits per heavy atom. The first kappa shape index (κ1) is 22.8. The van der Waals surface area contributed by atoms with E-state index in [0.29, 0.717) is 34.4 Å². The molecule has 0 aliphatic rings. The lowest BCUT2D eigenvalue weighted by Gasteiger charge is -2.18. The summed E-state index contributed by atoms with van der Waals surface area (Å²) in [6.45, 7) is 0.680. The van der Waals surface area contributed by atoms with Gasteiger partial charge < -0.3 is 15.0 Å². The number of aromatic amines is 1. The summed E-state index contributed by atoms with van der Waals surface area (Å²) in [6.07, 6.45) is 1.77. The van der Waals surface area contributed by atoms with Crippen molar-refractivity contribution >= 4 is 33.8 Å². The molecule has 0 saturated carbocycles. The van der Waals surface area contributed by atoms with E-state index in [1.165, 1.54) is 12.1 Å². The molecule has 0 aliphatic heterocycles. The Morgan fingerprint density at radius 2 is 1.78 bits per heavy atom. The number of anilines is 1. The van der Waals surface area contributed by atoms with Gasteiger partial charge in [0.25, 0.3) is 5.69 Å². The van der Waals surface area contributed by atoms with E-state index < -0.39 is 4.92 Å². The van der Waals surface area contributed by atoms with E-state index in [4.69, 9.17) is 4.99 Å². The maximum atomic E-state index is 11.4. The second kappa shape index (κ2) is 9.71. The van der Waals surface area contributed by atoms with Crippen LogP contribution in [0.4, 0.5) is 17.2 Å². The van der Waals surface area contributed by atoms with E-state index in [1.54, 1.807) is 12.3 Å². The maximum Gasteiger partial charge on any atom is 0.270 e. The monoisotopic (exact) mass is 477 g/mol. The fraction of sp³-hybridized carbons (Fsp3) is 0.0714. The standard InChI is InChI=1S/C28H23N5O3/c1-32(25-9-5-6-16-29-25)18-19-10-12-21(13-11-19)30-27(20-7-3-2-4-8-20)26-23-17-22(33(35)36)14-15-24(23)31-28(26)34/h2-17,31,34H,18H2,1H3. The zero-order chi connectivity index (χ0) is 25.1. The minimum Gasteiger partial charge on any atom is -0.494 e. The number of rotatable bonds is 7. The summed E-state index contributed by atoms with van der Waals surface area (Å²) in [7, 11) is 1.99. The van der Waals surface area contributed by atoms with Crippen LogP contribution in [0.25, 0.3) is 10.9 Å². The summed E-state index contributed by atoms with van der Waals surface area (Å²) in [6, 6.07) is 27.5. The Labute approximate surface area is 207 Å². The number of benzene rings is 3. The van der Waals surface area contributed by atoms with Crippen molar-refractivity contribution in [2.75, 3.05) is 11.9 Å². The maximum absolute atomic E-state index is 11.4. The molecule has 2 N–H and O–H groups in total. The van der Waals surface area contributed by atoms with Gasteiger partial charge in [-0.3, -0.25) is 10.1 Å². The van der Waals surface area contributed by atoms with E-state index >= 15 is 0 Å². The second-order valence-electron chi connectivity index (χ2n) is 8.37. The number of aliphatic imine (C=N–C) groups is 1. The van der Waals surface area contributed by atoms with Crippen LogP contribution in [0.5, 0.6) is 5.88 Å². The summed E-state index contributed by atoms with van der Waals surface area (Å²) in [4.78, 5) is 25.2. The molecule has 0 amide bonds. The topological polar surface area (TPSA) is 108 Å². The fourth-order valence-electron chi connectivity index (χ4n) is 4.12. The molecule has 36 heavy (non-hydrogen) atoms. The number of nitro benzene ring substituents is 1. The zero-order valence-corrected chi connectivity index (χ0v) is 19.5. The van der Waals surface area contributed by atoms with Gasteiger partial charge in [-0.1, -0.05) is 48.5 Å². The number of nitrogens with zero attached hydrogens (tertiary/aromatic N) is 4. The third-order valence-electron chi connectivity index (χ3n) is 5.89. The van der Waals surface area contributed by atoms with Crippen molar-refractivity contribution in [3.05, 3.63) is 124 Å². The van der Waals surface area contributed by atoms with Crippen LogP contribution in [0.1, 0.15) is 16.7 Å². The number of H-pyrrole nitrogens is 1. The first-order chi connectivity index (χ1) is 17.5. The summed E-state index contributed by atoms with van der Waals surface area (Å²) >= 11 is 0. The molecular weight excluding hydrogens is 454 g/mol. The van der Waals surface area contributed by atoms with E-state index in [-0.39, 0.29) is 11.6 Å². The van der Waals surface area contributed by atoms with Gasteiger partial charge in [-0.05, 0) is 35.9 Å². The summed E-state index contributed by atoms with van der Waals surface area (Å²) in [5.41, 5.74) is 4.02. The number of aromatic nitrogens is 2. The highest BCUT2D eigenvalue weighted by Gasteiger charge is 2.20. The number of pyridine rings is 1. The molecule has 0 radical (unpaired) electrons. The van der Waals surface area contributed by atoms with Crippen molar-refractivity contribution in [3.63, 3.8) is 0 Å². The van der Waals surface area contributed by atoms with Crippen LogP contribution >= 0.6 is 0 Å². The molecule has 0 spiro atoms. The predicted octanol–water partition coefficient (Wildman–Crippen LogP) is 5.98. The smallest absolute Gasteiger partial charge is 0.270 e. The van der Waals surface area contributed by atoms with Crippen molar-refractivity contribution in [1.29, 1.82) is 0 Å². The lowest BCUT2D eigenvalue weighted by Crippen LogP contribution is -2.17. The van der Waals surface area contributed by atoms with Crippen LogP contribution in [0, 0.1) is 10.1 Å². The minimum atomic E-state index is -0.451. The molecule has 2 heterocycles. The van der Waals surface area contributed by atoms with E-state index in [2.05, 4.69) is 14.9 Å². The highest BCUT2D eigenvalue weighted by Crippen LogP contribution is 2.33. The Kier molecular flexibility index (Phi) is 6.15. The number of hydrogen-bond donors (Lipinski definition) is 2. The number of nitrogens with one attached hydrogen (secondary N) is 1. The number of non-ortho nitro benzene ring substituents is 1. The summed E-state index contributed by atoms with van der Waals surface area (Å²) in [5.74, 6) is 0.788. The molecule has 0 bridgehead atoms. The van der Waals surface area contributed by atoms with Gasteiger partial charge in [0.2, 0.25) is 0 Å². The van der Waals surface area contributed by atoms with Gasteiger partial charge in [-0.2, -0.15) is 0 Å². The van der Waals surface area contributed by atoms with Gasteiger partial charge in [0.15, 0.2) is 5.88 Å². The quantitative estimate of drug-likeness (QED) is 0.170. The largest absolute Gasteiger partial charge is 0.494 e. The summed E-state index contributed by atoms with van der Waals surface area (Å²) in [5, 5.41) is 22.7. The van der Waals surface area contributed by atoms with Crippen molar-refractivity contribution in [1.82, 2.24) is 9.97 Å². The van der Waals surface area contributed by atoms with Crippen LogP contribution in [0.15, 0.2) is 102 Å². The van der Waals surface area contributed by atoms with Crippen LogP contribution in [-0.2, 0) is 6.54 Å². The average molecular weight is 478 g/mol. The van der Waals surface area contributed by atoms with Gasteiger partial charge in [-0.25, -0.2) is 9.98 Å². The van der Waals surface area contributed by atoms with Crippen molar-refractivity contribution in [2.45, 2.75) is 6.54 Å². The number of nitro groups is 1. The molecule has 3 aromatic carbocycles. The Morgan fingerprint density at radius 3 is 2.47 bits per heavy atom. The molecule has 0 fully saturated rings. The van der Waals surface area contributed by atoms with Gasteiger partial charge >= 0.3 is 0 Å². The van der Waals surface area contributed by atoms with Gasteiger partial charge in [-0.15, -0.1) is 0 Å². The predicted molar refractivity (Wildman–Crippen MR) is 141 cm³/mol. The van der Waals surface area contributed by atoms with Crippen molar-refractivity contribution in [3.8, 4) is 5.88 Å². The minimum absolute atomic E-state index is 0.0588. The number of aromatic hydroxyl groups is 1. The highest BCUT2D eigenvalue weighted by molar-refractivity contribution is 6.22. The van der Waals surface area contributed by atoms with Crippen molar-refractivity contribution < 1.29 is 10.0 Å². The summed E-state index contributed by atoms with van der Waals surface area (Å²) < 4.78 is 0. The number of hydrogen-bond acceptors (Lipinski definition) is 6. The van der Waals surface area contributed by atoms with Gasteiger partial charge in [0.05, 0.1) is 21.9 Å². The molecule has 5 rings (SSSR count). The SMILES string of the molecule is CN(Cc1ccc(N=C(c2ccccc2)c2c(O)[nH]c3ccc([N+](=O)[O-])cc23)cc1)c1ccccn1. The molecule has 8 nitrogen and oxygen atoms in total. The third-order valence-corrected chi connectivity index (χ3v) is 5.89. The average Bonchev–Trinajstić information content (AvgIpc) is 3.24. The van der Waals surface area contributed by atoms with E-state index in [1.807, 2.05) is 79.8 Å². The molecule has 0 atom stereocenters. The molecular formula is C28H23N5O3. The van der Waals surface area contributed by atoms with Crippen molar-refractivity contribution in [2.24, 2.45) is 4.99 Å². The lowest BCUT2D eigenvalue weighted by atomic mass is 10.0. The first-order valence-electron chi connectivity index (χ1n) is 11.3.